The van der Waals surface area contributed by atoms with Gasteiger partial charge in [-0.2, -0.15) is 9.98 Å². The Bertz CT molecular complexity index is 1700. The lowest BCUT2D eigenvalue weighted by Gasteiger charge is -2.38. The highest BCUT2D eigenvalue weighted by atomic mass is 35.5. The minimum Gasteiger partial charge on any atom is -0.493 e. The fourth-order valence-corrected chi connectivity index (χ4v) is 5.64. The molecule has 1 unspecified atom stereocenters. The van der Waals surface area contributed by atoms with Gasteiger partial charge in [-0.05, 0) is 26.8 Å². The number of fused-ring (bicyclic) bond motifs is 1. The summed E-state index contributed by atoms with van der Waals surface area (Å²) in [5.74, 6) is 0.619. The Balaban J connectivity index is 1.47. The predicted molar refractivity (Wildman–Crippen MR) is 179 cm³/mol. The van der Waals surface area contributed by atoms with Crippen LogP contribution in [0.4, 0.5) is 23.4 Å². The summed E-state index contributed by atoms with van der Waals surface area (Å²) in [6.07, 6.45) is 0. The van der Waals surface area contributed by atoms with Gasteiger partial charge in [0.15, 0.2) is 39.9 Å². The third-order valence-electron chi connectivity index (χ3n) is 7.52. The van der Waals surface area contributed by atoms with Gasteiger partial charge in [0.25, 0.3) is 0 Å². The minimum absolute atomic E-state index is 0.0148. The number of rotatable bonds is 7. The van der Waals surface area contributed by atoms with Crippen molar-refractivity contribution in [2.24, 2.45) is 16.5 Å². The first-order chi connectivity index (χ1) is 22.3. The summed E-state index contributed by atoms with van der Waals surface area (Å²) in [7, 11) is 3.12. The van der Waals surface area contributed by atoms with E-state index in [1.54, 1.807) is 20.3 Å². The van der Waals surface area contributed by atoms with Gasteiger partial charge in [-0.25, -0.2) is 19.7 Å². The molecule has 2 aliphatic rings. The number of methoxy groups -OCH3 is 2. The molecule has 0 radical (unpaired) electrons. The molecule has 18 heteroatoms. The zero-order chi connectivity index (χ0) is 34.0. The highest BCUT2D eigenvalue weighted by molar-refractivity contribution is 6.32. The van der Waals surface area contributed by atoms with E-state index >= 15 is 0 Å². The number of carbonyl (C=O) groups excluding carboxylic acids is 2. The Hall–Kier alpha value is -4.90. The van der Waals surface area contributed by atoms with Gasteiger partial charge in [-0.1, -0.05) is 11.6 Å². The Morgan fingerprint density at radius 2 is 1.62 bits per heavy atom. The van der Waals surface area contributed by atoms with Crippen molar-refractivity contribution in [1.29, 1.82) is 0 Å². The van der Waals surface area contributed by atoms with Crippen LogP contribution in [0.25, 0.3) is 10.9 Å². The molecular weight excluding hydrogens is 632 g/mol. The molecule has 17 nitrogen and oxygen atoms in total. The molecular formula is C29H39ClN12O5. The molecule has 0 spiro atoms. The largest absolute Gasteiger partial charge is 0.493 e. The first-order valence-corrected chi connectivity index (χ1v) is 15.3. The van der Waals surface area contributed by atoms with Crippen molar-refractivity contribution in [3.8, 4) is 11.5 Å². The van der Waals surface area contributed by atoms with Crippen LogP contribution < -0.4 is 46.7 Å². The molecule has 1 amide bonds. The number of benzene rings is 1. The van der Waals surface area contributed by atoms with Crippen molar-refractivity contribution in [1.82, 2.24) is 25.3 Å². The zero-order valence-electron chi connectivity index (χ0n) is 26.9. The second-order valence-corrected chi connectivity index (χ2v) is 12.3. The number of ether oxygens (including phenoxy) is 3. The topological polar surface area (TPSA) is 226 Å². The average molecular weight is 671 g/mol. The molecule has 3 aromatic rings. The van der Waals surface area contributed by atoms with Gasteiger partial charge in [0.2, 0.25) is 5.95 Å². The van der Waals surface area contributed by atoms with Gasteiger partial charge in [-0.3, -0.25) is 4.79 Å². The van der Waals surface area contributed by atoms with Crippen LogP contribution >= 0.6 is 11.6 Å². The fraction of sp³-hybridized carbons (Fsp3) is 0.483. The van der Waals surface area contributed by atoms with E-state index < -0.39 is 23.5 Å². The molecule has 2 fully saturated rings. The smallest absolute Gasteiger partial charge is 0.330 e. The number of halogens is 1. The lowest BCUT2D eigenvalue weighted by molar-refractivity contribution is -0.156. The van der Waals surface area contributed by atoms with Gasteiger partial charge >= 0.3 is 11.9 Å². The van der Waals surface area contributed by atoms with Crippen molar-refractivity contribution in [2.45, 2.75) is 32.4 Å². The third kappa shape index (κ3) is 7.25. The maximum atomic E-state index is 13.4. The number of amides is 1. The van der Waals surface area contributed by atoms with Crippen molar-refractivity contribution in [3.05, 3.63) is 23.0 Å². The number of esters is 1. The molecule has 2 aromatic heterocycles. The quantitative estimate of drug-likeness (QED) is 0.153. The first-order valence-electron chi connectivity index (χ1n) is 14.9. The number of hydrogen-bond donors (Lipinski definition) is 4. The summed E-state index contributed by atoms with van der Waals surface area (Å²) in [5.41, 5.74) is 16.3. The van der Waals surface area contributed by atoms with Crippen molar-refractivity contribution in [3.63, 3.8) is 0 Å². The SMILES string of the molecule is COc1cc2nc(N3CCN(c4nc(N)c(C(=O)N=C(N)N)nc4Cl)CC3)nc(N3CCNCC3C(=O)OC(C)(C)C)c2cc1OC. The molecule has 7 N–H and O–H groups in total. The Morgan fingerprint density at radius 1 is 0.957 bits per heavy atom. The van der Waals surface area contributed by atoms with Gasteiger partial charge in [0.05, 0.1) is 19.7 Å². The Kier molecular flexibility index (Phi) is 9.58. The molecule has 2 saturated heterocycles. The third-order valence-corrected chi connectivity index (χ3v) is 7.78. The van der Waals surface area contributed by atoms with E-state index in [9.17, 15) is 9.59 Å². The number of nitrogens with one attached hydrogen (secondary N) is 1. The fourth-order valence-electron chi connectivity index (χ4n) is 5.39. The monoisotopic (exact) mass is 670 g/mol. The minimum atomic E-state index is -0.842. The number of carbonyl (C=O) groups is 2. The van der Waals surface area contributed by atoms with E-state index in [2.05, 4.69) is 20.3 Å². The predicted octanol–water partition coefficient (Wildman–Crippen LogP) is 0.533. The van der Waals surface area contributed by atoms with Gasteiger partial charge in [0, 0.05) is 57.3 Å². The van der Waals surface area contributed by atoms with Crippen molar-refractivity contribution < 1.29 is 23.8 Å². The molecule has 47 heavy (non-hydrogen) atoms. The molecule has 5 rings (SSSR count). The molecule has 0 bridgehead atoms. The van der Waals surface area contributed by atoms with Crippen LogP contribution in [0.3, 0.4) is 0 Å². The number of aliphatic imine (C=N–C) groups is 1. The van der Waals surface area contributed by atoms with E-state index in [-0.39, 0.29) is 22.6 Å². The van der Waals surface area contributed by atoms with Crippen LogP contribution in [0.2, 0.25) is 5.15 Å². The van der Waals surface area contributed by atoms with Crippen LogP contribution in [-0.2, 0) is 9.53 Å². The number of anilines is 4. The lowest BCUT2D eigenvalue weighted by Crippen LogP contribution is -2.57. The molecule has 1 aromatic carbocycles. The normalized spacial score (nSPS) is 17.0. The van der Waals surface area contributed by atoms with E-state index in [0.29, 0.717) is 85.8 Å². The summed E-state index contributed by atoms with van der Waals surface area (Å²) in [6.45, 7) is 8.98. The number of nitrogen functional groups attached to an aromatic ring is 1. The lowest BCUT2D eigenvalue weighted by atomic mass is 10.1. The molecule has 0 aliphatic carbocycles. The highest BCUT2D eigenvalue weighted by Crippen LogP contribution is 2.37. The molecule has 1 atom stereocenters. The van der Waals surface area contributed by atoms with E-state index in [4.69, 9.17) is 53.0 Å². The summed E-state index contributed by atoms with van der Waals surface area (Å²) < 4.78 is 17.0. The first kappa shape index (κ1) is 33.5. The Morgan fingerprint density at radius 3 is 2.26 bits per heavy atom. The standard InChI is InChI=1S/C29H39ClN12O5/c1-29(2,3)47-26(44)17-14-34-6-7-42(17)23-15-12-18(45-4)19(46-5)13-16(15)35-28(38-23)41-10-8-40(9-11-41)24-21(30)36-20(22(31)37-24)25(43)39-27(32)33/h12-13,17,34H,6-11,14H2,1-5H3,(H2,31,37)(H4,32,33,39,43). The number of nitrogens with two attached hydrogens (primary N) is 3. The van der Waals surface area contributed by atoms with Crippen molar-refractivity contribution in [2.75, 3.05) is 80.5 Å². The maximum Gasteiger partial charge on any atom is 0.330 e. The zero-order valence-corrected chi connectivity index (χ0v) is 27.7. The second kappa shape index (κ2) is 13.4. The van der Waals surface area contributed by atoms with Crippen LogP contribution in [-0.4, -0.2) is 109 Å². The van der Waals surface area contributed by atoms with Crippen LogP contribution in [0.5, 0.6) is 11.5 Å². The second-order valence-electron chi connectivity index (χ2n) is 11.9. The molecule has 252 valence electrons. The van der Waals surface area contributed by atoms with Crippen LogP contribution in [0, 0.1) is 0 Å². The van der Waals surface area contributed by atoms with E-state index in [0.717, 1.165) is 0 Å². The summed E-state index contributed by atoms with van der Waals surface area (Å²) in [5, 5.41) is 3.99. The maximum absolute atomic E-state index is 13.4. The number of piperazine rings is 2. The van der Waals surface area contributed by atoms with Crippen LogP contribution in [0.1, 0.15) is 31.3 Å². The number of guanidine groups is 1. The highest BCUT2D eigenvalue weighted by Gasteiger charge is 2.35. The summed E-state index contributed by atoms with van der Waals surface area (Å²) in [4.78, 5) is 53.4. The number of nitrogens with zero attached hydrogens (tertiary/aromatic N) is 8. The van der Waals surface area contributed by atoms with Crippen molar-refractivity contribution >= 4 is 63.7 Å². The summed E-state index contributed by atoms with van der Waals surface area (Å²) in [6, 6.07) is 3.01. The Labute approximate surface area is 276 Å². The molecule has 2 aliphatic heterocycles. The van der Waals surface area contributed by atoms with Gasteiger partial charge in [0.1, 0.15) is 17.5 Å². The molecule has 0 saturated carbocycles. The van der Waals surface area contributed by atoms with E-state index in [1.807, 2.05) is 41.5 Å². The van der Waals surface area contributed by atoms with Gasteiger partial charge in [-0.15, -0.1) is 0 Å². The average Bonchev–Trinajstić information content (AvgIpc) is 3.03. The van der Waals surface area contributed by atoms with E-state index in [1.165, 1.54) is 0 Å². The molecule has 4 heterocycles. The van der Waals surface area contributed by atoms with Gasteiger partial charge < -0.3 is 51.4 Å². The number of hydrogen-bond acceptors (Lipinski definition) is 14. The summed E-state index contributed by atoms with van der Waals surface area (Å²) >= 11 is 6.43. The number of aromatic nitrogens is 4. The van der Waals surface area contributed by atoms with Crippen LogP contribution in [0.15, 0.2) is 17.1 Å².